The molecule has 1 aromatic carbocycles. The Morgan fingerprint density at radius 2 is 2.00 bits per heavy atom. The lowest BCUT2D eigenvalue weighted by molar-refractivity contribution is 0.110. The zero-order chi connectivity index (χ0) is 18.8. The highest BCUT2D eigenvalue weighted by molar-refractivity contribution is 5.90. The molecule has 1 aliphatic heterocycles. The minimum absolute atomic E-state index is 0.0863. The van der Waals surface area contributed by atoms with E-state index >= 15 is 0 Å². The van der Waals surface area contributed by atoms with Crippen LogP contribution in [0.3, 0.4) is 0 Å². The van der Waals surface area contributed by atoms with Crippen LogP contribution in [0.4, 0.5) is 10.5 Å². The number of carbonyl (C=O) groups excluding carboxylic acids is 1. The number of benzene rings is 1. The molecule has 1 N–H and O–H groups in total. The van der Waals surface area contributed by atoms with Gasteiger partial charge in [-0.25, -0.2) is 9.78 Å². The number of nitrogens with zero attached hydrogens (tertiary/aromatic N) is 4. The largest absolute Gasteiger partial charge is 0.496 e. The molecule has 0 radical (unpaired) electrons. The van der Waals surface area contributed by atoms with E-state index in [-0.39, 0.29) is 12.1 Å². The Morgan fingerprint density at radius 1 is 1.23 bits per heavy atom. The Balaban J connectivity index is 1.75. The highest BCUT2D eigenvalue weighted by atomic mass is 16.5. The third kappa shape index (κ3) is 3.53. The van der Waals surface area contributed by atoms with Gasteiger partial charge in [0.1, 0.15) is 11.6 Å². The second-order valence-corrected chi connectivity index (χ2v) is 6.91. The maximum absolute atomic E-state index is 12.8. The molecule has 7 nitrogen and oxygen atoms in total. The number of hydrogen-bond acceptors (Lipinski definition) is 4. The van der Waals surface area contributed by atoms with Crippen LogP contribution in [0.5, 0.6) is 5.75 Å². The predicted molar refractivity (Wildman–Crippen MR) is 102 cm³/mol. The number of carbonyl (C=O) groups is 1. The molecule has 7 heteroatoms. The molecule has 0 aliphatic carbocycles. The molecule has 0 spiro atoms. The van der Waals surface area contributed by atoms with Crippen molar-refractivity contribution in [1.29, 1.82) is 0 Å². The molecule has 1 atom stereocenters. The number of nitrogens with one attached hydrogen (secondary N) is 1. The molecule has 1 saturated heterocycles. The number of anilines is 1. The Morgan fingerprint density at radius 3 is 2.65 bits per heavy atom. The summed E-state index contributed by atoms with van der Waals surface area (Å²) >= 11 is 0. The summed E-state index contributed by atoms with van der Waals surface area (Å²) in [4.78, 5) is 21.4. The van der Waals surface area contributed by atoms with E-state index in [1.54, 1.807) is 13.3 Å². The topological polar surface area (TPSA) is 62.6 Å². The fourth-order valence-electron chi connectivity index (χ4n) is 3.42. The van der Waals surface area contributed by atoms with Crippen LogP contribution in [-0.4, -0.2) is 59.2 Å². The fraction of sp³-hybridized carbons (Fsp3) is 0.474. The molecule has 2 heterocycles. The Bertz CT molecular complexity index is 801. The van der Waals surface area contributed by atoms with E-state index in [2.05, 4.69) is 22.2 Å². The molecule has 26 heavy (non-hydrogen) atoms. The normalized spacial score (nSPS) is 18.0. The summed E-state index contributed by atoms with van der Waals surface area (Å²) in [6.45, 7) is 6.08. The van der Waals surface area contributed by atoms with Gasteiger partial charge in [-0.1, -0.05) is 6.07 Å². The number of piperazine rings is 1. The predicted octanol–water partition coefficient (Wildman–Crippen LogP) is 2.57. The molecule has 1 fully saturated rings. The molecule has 2 aromatic rings. The summed E-state index contributed by atoms with van der Waals surface area (Å²) in [5, 5.41) is 3.04. The Labute approximate surface area is 154 Å². The van der Waals surface area contributed by atoms with Gasteiger partial charge in [0.2, 0.25) is 0 Å². The van der Waals surface area contributed by atoms with Crippen LogP contribution in [0, 0.1) is 13.8 Å². The lowest BCUT2D eigenvalue weighted by Crippen LogP contribution is -2.50. The molecule has 1 aliphatic rings. The van der Waals surface area contributed by atoms with Crippen molar-refractivity contribution in [3.8, 4) is 5.75 Å². The van der Waals surface area contributed by atoms with E-state index in [0.717, 1.165) is 34.9 Å². The third-order valence-electron chi connectivity index (χ3n) is 5.08. The number of imidazole rings is 1. The van der Waals surface area contributed by atoms with Gasteiger partial charge in [0, 0.05) is 50.8 Å². The fourth-order valence-corrected chi connectivity index (χ4v) is 3.42. The van der Waals surface area contributed by atoms with Crippen LogP contribution in [0.25, 0.3) is 0 Å². The van der Waals surface area contributed by atoms with Crippen molar-refractivity contribution in [3.63, 3.8) is 0 Å². The van der Waals surface area contributed by atoms with Gasteiger partial charge in [-0.3, -0.25) is 4.90 Å². The third-order valence-corrected chi connectivity index (χ3v) is 5.08. The van der Waals surface area contributed by atoms with Crippen molar-refractivity contribution in [2.24, 2.45) is 7.05 Å². The summed E-state index contributed by atoms with van der Waals surface area (Å²) in [6, 6.07) is 3.90. The Hall–Kier alpha value is -2.54. The highest BCUT2D eigenvalue weighted by Crippen LogP contribution is 2.27. The van der Waals surface area contributed by atoms with Gasteiger partial charge in [-0.2, -0.15) is 0 Å². The lowest BCUT2D eigenvalue weighted by atomic mass is 10.1. The van der Waals surface area contributed by atoms with Crippen LogP contribution in [-0.2, 0) is 7.05 Å². The summed E-state index contributed by atoms with van der Waals surface area (Å²) in [7, 11) is 5.70. The van der Waals surface area contributed by atoms with E-state index in [4.69, 9.17) is 4.74 Å². The Kier molecular flexibility index (Phi) is 5.18. The second-order valence-electron chi connectivity index (χ2n) is 6.91. The zero-order valence-corrected chi connectivity index (χ0v) is 16.1. The number of amides is 2. The summed E-state index contributed by atoms with van der Waals surface area (Å²) in [5.74, 6) is 1.74. The smallest absolute Gasteiger partial charge is 0.321 e. The number of ether oxygens (including phenoxy) is 1. The van der Waals surface area contributed by atoms with E-state index in [0.29, 0.717) is 13.1 Å². The summed E-state index contributed by atoms with van der Waals surface area (Å²) < 4.78 is 7.39. The lowest BCUT2D eigenvalue weighted by Gasteiger charge is -2.39. The van der Waals surface area contributed by atoms with E-state index in [1.807, 2.05) is 48.7 Å². The number of likely N-dealkylation sites (N-methyl/N-ethyl adjacent to an activating group) is 1. The average Bonchev–Trinajstić information content (AvgIpc) is 3.03. The van der Waals surface area contributed by atoms with Crippen molar-refractivity contribution in [2.45, 2.75) is 19.9 Å². The number of aryl methyl sites for hydroxylation is 3. The number of rotatable bonds is 3. The quantitative estimate of drug-likeness (QED) is 0.917. The summed E-state index contributed by atoms with van der Waals surface area (Å²) in [5.41, 5.74) is 2.86. The molecule has 1 aromatic heterocycles. The van der Waals surface area contributed by atoms with Crippen LogP contribution in [0.1, 0.15) is 23.0 Å². The molecule has 0 saturated carbocycles. The van der Waals surface area contributed by atoms with Crippen molar-refractivity contribution in [1.82, 2.24) is 19.4 Å². The first kappa shape index (κ1) is 18.3. The van der Waals surface area contributed by atoms with Crippen molar-refractivity contribution >= 4 is 11.7 Å². The van der Waals surface area contributed by atoms with Crippen LogP contribution in [0.2, 0.25) is 0 Å². The molecular formula is C19H27N5O2. The minimum atomic E-state index is -0.0914. The van der Waals surface area contributed by atoms with Crippen molar-refractivity contribution < 1.29 is 9.53 Å². The van der Waals surface area contributed by atoms with E-state index in [9.17, 15) is 4.79 Å². The molecule has 2 amide bonds. The first-order valence-corrected chi connectivity index (χ1v) is 8.79. The molecular weight excluding hydrogens is 330 g/mol. The van der Waals surface area contributed by atoms with Crippen molar-refractivity contribution in [2.75, 3.05) is 39.1 Å². The zero-order valence-electron chi connectivity index (χ0n) is 16.1. The highest BCUT2D eigenvalue weighted by Gasteiger charge is 2.30. The van der Waals surface area contributed by atoms with Crippen LogP contribution < -0.4 is 10.1 Å². The number of hydrogen-bond donors (Lipinski definition) is 1. The standard InChI is InChI=1S/C19H27N5O2/c1-13-10-14(2)17(26-5)11-15(13)21-19(25)24-9-8-22(3)16(12-24)18-20-6-7-23(18)4/h6-7,10-11,16H,8-9,12H2,1-5H3,(H,21,25)/t16-/m0/s1. The van der Waals surface area contributed by atoms with Crippen molar-refractivity contribution in [3.05, 3.63) is 41.5 Å². The second kappa shape index (κ2) is 7.37. The monoisotopic (exact) mass is 357 g/mol. The van der Waals surface area contributed by atoms with Gasteiger partial charge >= 0.3 is 6.03 Å². The van der Waals surface area contributed by atoms with E-state index < -0.39 is 0 Å². The number of aromatic nitrogens is 2. The number of methoxy groups -OCH3 is 1. The molecule has 0 unspecified atom stereocenters. The maximum Gasteiger partial charge on any atom is 0.321 e. The van der Waals surface area contributed by atoms with Gasteiger partial charge in [-0.15, -0.1) is 0 Å². The minimum Gasteiger partial charge on any atom is -0.496 e. The summed E-state index contributed by atoms with van der Waals surface area (Å²) in [6.07, 6.45) is 3.73. The van der Waals surface area contributed by atoms with Gasteiger partial charge in [0.25, 0.3) is 0 Å². The molecule has 0 bridgehead atoms. The molecule has 140 valence electrons. The van der Waals surface area contributed by atoms with Crippen LogP contribution >= 0.6 is 0 Å². The SMILES string of the molecule is COc1cc(NC(=O)N2CCN(C)[C@H](c3nccn3C)C2)c(C)cc1C. The van der Waals surface area contributed by atoms with Gasteiger partial charge in [0.05, 0.1) is 13.2 Å². The maximum atomic E-state index is 12.8. The van der Waals surface area contributed by atoms with Gasteiger partial charge in [0.15, 0.2) is 0 Å². The molecule has 3 rings (SSSR count). The first-order valence-electron chi connectivity index (χ1n) is 8.79. The van der Waals surface area contributed by atoms with Gasteiger partial charge in [-0.05, 0) is 32.0 Å². The van der Waals surface area contributed by atoms with Gasteiger partial charge < -0.3 is 19.5 Å². The first-order chi connectivity index (χ1) is 12.4. The van der Waals surface area contributed by atoms with E-state index in [1.165, 1.54) is 0 Å². The van der Waals surface area contributed by atoms with Crippen LogP contribution in [0.15, 0.2) is 24.5 Å². The number of urea groups is 1. The average molecular weight is 357 g/mol.